The number of pyridine rings is 1. The molecule has 0 bridgehead atoms. The Bertz CT molecular complexity index is 1100. The van der Waals surface area contributed by atoms with E-state index in [1.807, 2.05) is 4.90 Å². The summed E-state index contributed by atoms with van der Waals surface area (Å²) in [6.45, 7) is 2.20. The van der Waals surface area contributed by atoms with E-state index in [0.29, 0.717) is 43.5 Å². The first kappa shape index (κ1) is 18.8. The highest BCUT2D eigenvalue weighted by Gasteiger charge is 2.22. The van der Waals surface area contributed by atoms with Crippen LogP contribution in [0, 0.1) is 5.82 Å². The number of ether oxygens (including phenoxy) is 1. The summed E-state index contributed by atoms with van der Waals surface area (Å²) in [4.78, 5) is 26.8. The van der Waals surface area contributed by atoms with Crippen LogP contribution in [0.25, 0.3) is 22.3 Å². The molecule has 150 valence electrons. The van der Waals surface area contributed by atoms with Crippen LogP contribution >= 0.6 is 0 Å². The van der Waals surface area contributed by atoms with Gasteiger partial charge in [0, 0.05) is 31.8 Å². The number of benzene rings is 1. The van der Waals surface area contributed by atoms with Gasteiger partial charge in [-0.15, -0.1) is 0 Å². The van der Waals surface area contributed by atoms with E-state index in [-0.39, 0.29) is 28.2 Å². The number of anilines is 2. The molecule has 0 amide bonds. The molecule has 1 aliphatic heterocycles. The fraction of sp³-hybridized carbons (Fsp3) is 0.263. The van der Waals surface area contributed by atoms with Gasteiger partial charge in [-0.2, -0.15) is 0 Å². The van der Waals surface area contributed by atoms with Crippen LogP contribution in [0.4, 0.5) is 16.0 Å². The minimum atomic E-state index is -1.21. The van der Waals surface area contributed by atoms with Gasteiger partial charge in [-0.05, 0) is 18.2 Å². The van der Waals surface area contributed by atoms with Gasteiger partial charge in [0.15, 0.2) is 5.69 Å². The number of aromatic hydroxyl groups is 1. The summed E-state index contributed by atoms with van der Waals surface area (Å²) in [5.74, 6) is -1.75. The highest BCUT2D eigenvalue weighted by Crippen LogP contribution is 2.36. The Morgan fingerprint density at radius 2 is 1.93 bits per heavy atom. The first-order valence-corrected chi connectivity index (χ1v) is 8.93. The SMILES string of the molecule is CNc1cc(C(=O)O)nc2c(-c3ccc(F)cc3O)nc(N3CCOCC3)nc12. The Morgan fingerprint density at radius 3 is 2.59 bits per heavy atom. The van der Waals surface area contributed by atoms with Crippen molar-refractivity contribution in [3.05, 3.63) is 35.8 Å². The highest BCUT2D eigenvalue weighted by molar-refractivity contribution is 6.01. The lowest BCUT2D eigenvalue weighted by Gasteiger charge is -2.27. The van der Waals surface area contributed by atoms with Crippen molar-refractivity contribution in [2.45, 2.75) is 0 Å². The van der Waals surface area contributed by atoms with Crippen LogP contribution in [-0.4, -0.2) is 64.5 Å². The Labute approximate surface area is 164 Å². The zero-order valence-electron chi connectivity index (χ0n) is 15.5. The van der Waals surface area contributed by atoms with Gasteiger partial charge in [-0.3, -0.25) is 0 Å². The summed E-state index contributed by atoms with van der Waals surface area (Å²) in [6.07, 6.45) is 0. The molecule has 0 aliphatic carbocycles. The number of phenols is 1. The van der Waals surface area contributed by atoms with Gasteiger partial charge in [0.05, 0.1) is 18.9 Å². The van der Waals surface area contributed by atoms with E-state index in [0.717, 1.165) is 6.07 Å². The quantitative estimate of drug-likeness (QED) is 0.606. The number of nitrogens with one attached hydrogen (secondary N) is 1. The average Bonchev–Trinajstić information content (AvgIpc) is 2.73. The molecule has 0 unspecified atom stereocenters. The van der Waals surface area contributed by atoms with Crippen molar-refractivity contribution in [3.63, 3.8) is 0 Å². The van der Waals surface area contributed by atoms with Crippen molar-refractivity contribution < 1.29 is 24.1 Å². The molecule has 1 aromatic carbocycles. The van der Waals surface area contributed by atoms with E-state index < -0.39 is 11.8 Å². The first-order valence-electron chi connectivity index (χ1n) is 8.93. The molecule has 10 heteroatoms. The number of carboxylic acid groups (broad SMARTS) is 1. The number of hydrogen-bond acceptors (Lipinski definition) is 8. The third-order valence-corrected chi connectivity index (χ3v) is 4.64. The van der Waals surface area contributed by atoms with Crippen molar-refractivity contribution in [3.8, 4) is 17.0 Å². The van der Waals surface area contributed by atoms with Crippen molar-refractivity contribution in [2.75, 3.05) is 43.6 Å². The Kier molecular flexibility index (Phi) is 4.85. The number of aromatic carboxylic acids is 1. The highest BCUT2D eigenvalue weighted by atomic mass is 19.1. The van der Waals surface area contributed by atoms with Crippen LogP contribution in [0.5, 0.6) is 5.75 Å². The summed E-state index contributed by atoms with van der Waals surface area (Å²) in [6, 6.07) is 4.92. The molecular weight excluding hydrogens is 381 g/mol. The minimum Gasteiger partial charge on any atom is -0.507 e. The lowest BCUT2D eigenvalue weighted by molar-refractivity contribution is 0.0691. The Morgan fingerprint density at radius 1 is 1.17 bits per heavy atom. The summed E-state index contributed by atoms with van der Waals surface area (Å²) in [5, 5.41) is 22.7. The number of fused-ring (bicyclic) bond motifs is 1. The summed E-state index contributed by atoms with van der Waals surface area (Å²) in [5.41, 5.74) is 1.28. The van der Waals surface area contributed by atoms with E-state index in [2.05, 4.69) is 20.3 Å². The maximum atomic E-state index is 13.5. The topological polar surface area (TPSA) is 121 Å². The molecule has 4 rings (SSSR count). The third-order valence-electron chi connectivity index (χ3n) is 4.64. The van der Waals surface area contributed by atoms with Crippen LogP contribution in [0.1, 0.15) is 10.5 Å². The van der Waals surface area contributed by atoms with E-state index in [1.165, 1.54) is 18.2 Å². The van der Waals surface area contributed by atoms with Crippen LogP contribution in [-0.2, 0) is 4.74 Å². The summed E-state index contributed by atoms with van der Waals surface area (Å²) >= 11 is 0. The number of nitrogens with zero attached hydrogens (tertiary/aromatic N) is 4. The monoisotopic (exact) mass is 399 g/mol. The molecule has 3 N–H and O–H groups in total. The smallest absolute Gasteiger partial charge is 0.354 e. The van der Waals surface area contributed by atoms with Gasteiger partial charge in [0.1, 0.15) is 28.3 Å². The third kappa shape index (κ3) is 3.49. The maximum Gasteiger partial charge on any atom is 0.354 e. The average molecular weight is 399 g/mol. The molecule has 0 spiro atoms. The zero-order chi connectivity index (χ0) is 20.5. The number of rotatable bonds is 4. The normalized spacial score (nSPS) is 14.2. The molecule has 0 atom stereocenters. The number of hydrogen-bond donors (Lipinski definition) is 3. The van der Waals surface area contributed by atoms with Gasteiger partial charge < -0.3 is 25.2 Å². The van der Waals surface area contributed by atoms with Crippen molar-refractivity contribution >= 4 is 28.6 Å². The first-order chi connectivity index (χ1) is 14.0. The van der Waals surface area contributed by atoms with Crippen LogP contribution in [0.2, 0.25) is 0 Å². The standard InChI is InChI=1S/C19H18FN5O4/c1-21-12-9-13(18(27)28)22-17-15(11-3-2-10(20)8-14(11)26)23-19(24-16(12)17)25-4-6-29-7-5-25/h2-3,8-9,26H,4-7H2,1H3,(H,21,22)(H,27,28). The second kappa shape index (κ2) is 7.47. The molecule has 1 fully saturated rings. The second-order valence-electron chi connectivity index (χ2n) is 6.44. The Balaban J connectivity index is 2.03. The number of aromatic nitrogens is 3. The lowest BCUT2D eigenvalue weighted by atomic mass is 10.1. The van der Waals surface area contributed by atoms with Gasteiger partial charge in [-0.25, -0.2) is 24.1 Å². The molecular formula is C19H18FN5O4. The Hall–Kier alpha value is -3.53. The van der Waals surface area contributed by atoms with E-state index >= 15 is 0 Å². The largest absolute Gasteiger partial charge is 0.507 e. The van der Waals surface area contributed by atoms with E-state index in [4.69, 9.17) is 4.74 Å². The molecule has 0 radical (unpaired) electrons. The second-order valence-corrected chi connectivity index (χ2v) is 6.44. The van der Waals surface area contributed by atoms with E-state index in [1.54, 1.807) is 7.05 Å². The molecule has 29 heavy (non-hydrogen) atoms. The fourth-order valence-corrected chi connectivity index (χ4v) is 3.19. The number of carbonyl (C=O) groups is 1. The van der Waals surface area contributed by atoms with Crippen molar-refractivity contribution in [1.29, 1.82) is 0 Å². The molecule has 1 aliphatic rings. The van der Waals surface area contributed by atoms with Crippen molar-refractivity contribution in [2.24, 2.45) is 0 Å². The van der Waals surface area contributed by atoms with Crippen LogP contribution in [0.3, 0.4) is 0 Å². The van der Waals surface area contributed by atoms with Gasteiger partial charge in [-0.1, -0.05) is 0 Å². The van der Waals surface area contributed by atoms with E-state index in [9.17, 15) is 19.4 Å². The molecule has 0 saturated carbocycles. The van der Waals surface area contributed by atoms with Crippen LogP contribution < -0.4 is 10.2 Å². The molecule has 9 nitrogen and oxygen atoms in total. The van der Waals surface area contributed by atoms with Crippen LogP contribution in [0.15, 0.2) is 24.3 Å². The number of morpholine rings is 1. The summed E-state index contributed by atoms with van der Waals surface area (Å²) < 4.78 is 18.9. The maximum absolute atomic E-state index is 13.5. The molecule has 3 aromatic rings. The van der Waals surface area contributed by atoms with Gasteiger partial charge in [0.25, 0.3) is 0 Å². The predicted molar refractivity (Wildman–Crippen MR) is 104 cm³/mol. The molecule has 1 saturated heterocycles. The molecule has 2 aromatic heterocycles. The van der Waals surface area contributed by atoms with Crippen molar-refractivity contribution in [1.82, 2.24) is 15.0 Å². The van der Waals surface area contributed by atoms with Gasteiger partial charge in [0.2, 0.25) is 5.95 Å². The fourth-order valence-electron chi connectivity index (χ4n) is 3.19. The van der Waals surface area contributed by atoms with Gasteiger partial charge >= 0.3 is 5.97 Å². The predicted octanol–water partition coefficient (Wildman–Crippen LogP) is 2.11. The number of phenolic OH excluding ortho intramolecular Hbond substituents is 1. The number of carboxylic acids is 1. The zero-order valence-corrected chi connectivity index (χ0v) is 15.5. The molecule has 3 heterocycles. The summed E-state index contributed by atoms with van der Waals surface area (Å²) in [7, 11) is 1.64. The number of halogens is 1. The lowest BCUT2D eigenvalue weighted by Crippen LogP contribution is -2.37. The minimum absolute atomic E-state index is 0.188.